The van der Waals surface area contributed by atoms with E-state index >= 15 is 0 Å². The van der Waals surface area contributed by atoms with E-state index < -0.39 is 102 Å². The van der Waals surface area contributed by atoms with E-state index in [0.717, 1.165) is 16.0 Å². The minimum atomic E-state index is -2.49. The van der Waals surface area contributed by atoms with Gasteiger partial charge in [0.2, 0.25) is 17.7 Å². The number of aromatic nitrogens is 4. The van der Waals surface area contributed by atoms with Crippen LogP contribution in [0, 0.1) is 36.5 Å². The fourth-order valence-electron chi connectivity index (χ4n) is 12.7. The van der Waals surface area contributed by atoms with Crippen molar-refractivity contribution in [2.24, 2.45) is 35.3 Å². The van der Waals surface area contributed by atoms with Crippen LogP contribution >= 0.6 is 0 Å². The van der Waals surface area contributed by atoms with Crippen molar-refractivity contribution >= 4 is 53.0 Å². The van der Waals surface area contributed by atoms with E-state index in [4.69, 9.17) is 39.9 Å². The number of aryl methyl sites for hydroxylation is 1. The Morgan fingerprint density at radius 1 is 0.809 bits per heavy atom. The number of nitrogens with zero attached hydrogens (tertiary/aromatic N) is 7. The molecule has 4 fully saturated rings. The van der Waals surface area contributed by atoms with Crippen LogP contribution in [0.1, 0.15) is 130 Å². The molecule has 0 spiro atoms. The van der Waals surface area contributed by atoms with Crippen molar-refractivity contribution in [2.45, 2.75) is 193 Å². The lowest BCUT2D eigenvalue weighted by Gasteiger charge is -2.42. The van der Waals surface area contributed by atoms with Gasteiger partial charge in [0.1, 0.15) is 42.1 Å². The molecule has 4 aliphatic heterocycles. The molecular weight excluding hydrogens is 1140 g/mol. The number of piperazine rings is 1. The fraction of sp³-hybridized carbons (Fsp3) is 0.662. The minimum Gasteiger partial charge on any atom is -0.459 e. The summed E-state index contributed by atoms with van der Waals surface area (Å²) in [6, 6.07) is -2.19. The second-order valence-electron chi connectivity index (χ2n) is 25.1. The molecule has 7 N–H and O–H groups in total. The summed E-state index contributed by atoms with van der Waals surface area (Å²) in [5, 5.41) is 26.5. The molecule has 24 heteroatoms. The maximum Gasteiger partial charge on any atom is 0.407 e. The van der Waals surface area contributed by atoms with Crippen LogP contribution in [0.25, 0.3) is 0 Å². The first-order chi connectivity index (χ1) is 42.4. The van der Waals surface area contributed by atoms with E-state index in [1.54, 1.807) is 59.5 Å². The number of hydrogen-bond acceptors (Lipinski definition) is 22. The Morgan fingerprint density at radius 3 is 2.18 bits per heavy atom. The number of nitrogens with one attached hydrogen (secondary N) is 1. The molecule has 24 nitrogen and oxygen atoms in total. The molecule has 7 rings (SSSR count). The Balaban J connectivity index is 1.04. The van der Waals surface area contributed by atoms with Gasteiger partial charge in [0.05, 0.1) is 18.3 Å². The van der Waals surface area contributed by atoms with E-state index in [1.807, 2.05) is 51.2 Å². The van der Waals surface area contributed by atoms with Crippen LogP contribution in [0.2, 0.25) is 0 Å². The summed E-state index contributed by atoms with van der Waals surface area (Å²) < 4.78 is 35.7. The van der Waals surface area contributed by atoms with Crippen molar-refractivity contribution in [3.63, 3.8) is 0 Å². The van der Waals surface area contributed by atoms with Gasteiger partial charge in [-0.1, -0.05) is 64.2 Å². The highest BCUT2D eigenvalue weighted by molar-refractivity contribution is 6.39. The summed E-state index contributed by atoms with van der Waals surface area (Å²) in [4.78, 5) is 108. The highest BCUT2D eigenvalue weighted by Gasteiger charge is 2.53. The number of nitrogen functional groups attached to an aromatic ring is 1. The van der Waals surface area contributed by atoms with Gasteiger partial charge in [0.25, 0.3) is 11.7 Å². The number of hydrogen-bond donors (Lipinski definition) is 5. The number of alkyl carbamates (subject to hydrolysis) is 1. The number of ketones is 3. The number of Topliss-reactive ketones (excluding diaryl/α,β-unsaturated/α-hetero) is 3. The first kappa shape index (κ1) is 69.9. The van der Waals surface area contributed by atoms with Crippen LogP contribution in [0.4, 0.5) is 22.5 Å². The molecule has 2 aromatic heterocycles. The van der Waals surface area contributed by atoms with Crippen molar-refractivity contribution in [1.29, 1.82) is 0 Å². The smallest absolute Gasteiger partial charge is 0.407 e. The Bertz CT molecular complexity index is 2880. The van der Waals surface area contributed by atoms with Crippen molar-refractivity contribution in [2.75, 3.05) is 69.6 Å². The fourth-order valence-corrected chi connectivity index (χ4v) is 12.7. The number of amides is 2. The van der Waals surface area contributed by atoms with E-state index in [9.17, 15) is 39.0 Å². The zero-order chi connectivity index (χ0) is 64.7. The van der Waals surface area contributed by atoms with Gasteiger partial charge in [-0.2, -0.15) is 4.98 Å². The van der Waals surface area contributed by atoms with Crippen molar-refractivity contribution < 1.29 is 67.4 Å². The minimum absolute atomic E-state index is 0.0178. The summed E-state index contributed by atoms with van der Waals surface area (Å²) in [6.07, 6.45) is 13.3. The second-order valence-corrected chi connectivity index (χ2v) is 25.1. The second kappa shape index (κ2) is 32.5. The lowest BCUT2D eigenvalue weighted by Crippen LogP contribution is -2.61. The summed E-state index contributed by atoms with van der Waals surface area (Å²) in [5.41, 5.74) is 15.7. The maximum atomic E-state index is 14.7. The molecule has 0 aromatic carbocycles. The number of allylic oxidation sites excluding steroid dienone is 6. The molecule has 2 aromatic rings. The van der Waals surface area contributed by atoms with Crippen LogP contribution in [-0.4, -0.2) is 185 Å². The first-order valence-electron chi connectivity index (χ1n) is 31.5. The quantitative estimate of drug-likeness (QED) is 0.104. The van der Waals surface area contributed by atoms with Crippen molar-refractivity contribution in [1.82, 2.24) is 30.2 Å². The number of methoxy groups -OCH3 is 3. The molecule has 490 valence electrons. The number of carbonyl (C=O) groups excluding carboxylic acids is 6. The van der Waals surface area contributed by atoms with Gasteiger partial charge in [-0.25, -0.2) is 24.5 Å². The summed E-state index contributed by atoms with van der Waals surface area (Å²) in [6.45, 7) is 15.2. The first-order valence-corrected chi connectivity index (χ1v) is 31.5. The van der Waals surface area contributed by atoms with E-state index in [1.165, 1.54) is 14.2 Å². The number of carbonyl (C=O) groups is 6. The predicted molar refractivity (Wildman–Crippen MR) is 333 cm³/mol. The molecule has 3 saturated heterocycles. The number of cyclic esters (lactones) is 1. The standard InChI is InChI=1S/C65H96N10O14/c1-38-16-12-11-13-17-39(2)52(84-8)32-47-21-19-44(7)65(83,89-47)58(79)60(80)75-23-15-14-18-49(75)61(81)87-53(33-50(76)40(3)29-42(5)56(78)57(86-10)55(77)41(4)28-38)48(66)30-45-20-22-51(54(31-45)85-9)88-64(82)71-37-46-35-69-62(70-36-46)73-24-26-74(27-25-73)63-68-34-43(6)59(67)72-63/h11-13,16-17,29,34-36,38,40-41,44-45,47-49,51-54,56-57,78,83H,14-15,18-28,30-33,37,66H2,1-10H3,(H,71,82)(H2,67,68,72)/b13-11+,16-12+,39-17+,42-29+/t38-,40-,41-,44-,45+,47+,48-,49+,51-,52+,53+,54-,56-,57+,65-/m1/s1. The molecule has 5 aliphatic rings. The van der Waals surface area contributed by atoms with Gasteiger partial charge in [-0.05, 0) is 108 Å². The average molecular weight is 1240 g/mol. The number of piperidine rings is 1. The lowest BCUT2D eigenvalue weighted by molar-refractivity contribution is -0.265. The number of esters is 1. The molecule has 1 saturated carbocycles. The molecule has 2 bridgehead atoms. The topological polar surface area (TPSA) is 324 Å². The highest BCUT2D eigenvalue weighted by Crippen LogP contribution is 2.38. The number of fused-ring (bicyclic) bond motifs is 3. The molecule has 0 radical (unpaired) electrons. The van der Waals surface area contributed by atoms with Crippen molar-refractivity contribution in [3.05, 3.63) is 77.3 Å². The van der Waals surface area contributed by atoms with Gasteiger partial charge in [-0.15, -0.1) is 0 Å². The van der Waals surface area contributed by atoms with Crippen LogP contribution in [0.15, 0.2) is 66.2 Å². The number of anilines is 3. The van der Waals surface area contributed by atoms with Gasteiger partial charge in [0.15, 0.2) is 5.78 Å². The summed E-state index contributed by atoms with van der Waals surface area (Å²) in [5.74, 6) is -6.99. The van der Waals surface area contributed by atoms with Gasteiger partial charge in [-0.3, -0.25) is 19.2 Å². The Kier molecular flexibility index (Phi) is 25.5. The molecule has 6 heterocycles. The number of rotatable bonds is 11. The maximum absolute atomic E-state index is 14.7. The molecule has 15 atom stereocenters. The number of aliphatic hydroxyl groups is 2. The largest absolute Gasteiger partial charge is 0.459 e. The molecule has 0 unspecified atom stereocenters. The molecule has 2 amide bonds. The zero-order valence-electron chi connectivity index (χ0n) is 53.6. The van der Waals surface area contributed by atoms with Crippen LogP contribution in [-0.2, 0) is 58.9 Å². The third-order valence-corrected chi connectivity index (χ3v) is 18.4. The van der Waals surface area contributed by atoms with Gasteiger partial charge >= 0.3 is 12.1 Å². The zero-order valence-corrected chi connectivity index (χ0v) is 53.6. The molecule has 89 heavy (non-hydrogen) atoms. The average Bonchev–Trinajstić information content (AvgIpc) is 3.24. The predicted octanol–water partition coefficient (Wildman–Crippen LogP) is 5.60. The van der Waals surface area contributed by atoms with Crippen LogP contribution in [0.3, 0.4) is 0 Å². The van der Waals surface area contributed by atoms with E-state index in [2.05, 4.69) is 35.1 Å². The van der Waals surface area contributed by atoms with E-state index in [0.29, 0.717) is 106 Å². The van der Waals surface area contributed by atoms with Crippen molar-refractivity contribution in [3.8, 4) is 0 Å². The Labute approximate surface area is 523 Å². The monoisotopic (exact) mass is 1240 g/mol. The van der Waals surface area contributed by atoms with Gasteiger partial charge < -0.3 is 70.1 Å². The van der Waals surface area contributed by atoms with E-state index in [-0.39, 0.29) is 62.2 Å². The number of ether oxygens (including phenoxy) is 6. The molecule has 1 aliphatic carbocycles. The van der Waals surface area contributed by atoms with Crippen LogP contribution < -0.4 is 26.6 Å². The lowest BCUT2D eigenvalue weighted by atomic mass is 9.80. The third-order valence-electron chi connectivity index (χ3n) is 18.4. The summed E-state index contributed by atoms with van der Waals surface area (Å²) >= 11 is 0. The van der Waals surface area contributed by atoms with Gasteiger partial charge in [0, 0.05) is 127 Å². The Morgan fingerprint density at radius 2 is 1.51 bits per heavy atom. The SMILES string of the molecule is CO[C@H]1C[C@@H]2CC[C@@H](C)[C@@](O)(O2)C(=O)C(=O)N2CCCC[C@H]2C(=O)O[C@H]([C@H](N)C[C@@H]2CC[C@@H](OC(=O)NCc3cnc(N4CCN(c5ncc(C)c(N)n5)CC4)nc3)[C@H](OC)C2)CC(=O)[C@H](C)/C=C(\C)[C@@H](O)[C@@H](OC)C(=O)[C@H](C)C[C@H](C)/C=C/C=C/C=C/1C. The number of aliphatic hydroxyl groups excluding tert-OH is 1. The number of nitrogens with two attached hydrogens (primary N) is 2. The third kappa shape index (κ3) is 18.3. The Hall–Kier alpha value is -6.54. The van der Waals surface area contributed by atoms with Crippen LogP contribution in [0.5, 0.6) is 0 Å². The molecular formula is C65H96N10O14. The summed E-state index contributed by atoms with van der Waals surface area (Å²) in [7, 11) is 4.45. The highest BCUT2D eigenvalue weighted by atomic mass is 16.6. The normalized spacial score (nSPS) is 33.6.